The Labute approximate surface area is 200 Å². The van der Waals surface area contributed by atoms with E-state index in [4.69, 9.17) is 25.9 Å². The highest BCUT2D eigenvalue weighted by Crippen LogP contribution is 2.37. The third-order valence-corrected chi connectivity index (χ3v) is 7.51. The van der Waals surface area contributed by atoms with Crippen molar-refractivity contribution in [1.82, 2.24) is 24.9 Å². The molecule has 0 N–H and O–H groups in total. The largest absolute Gasteiger partial charge is 0.423 e. The summed E-state index contributed by atoms with van der Waals surface area (Å²) < 4.78 is 13.9. The summed E-state index contributed by atoms with van der Waals surface area (Å²) in [7, 11) is 2.03. The molecule has 0 spiro atoms. The summed E-state index contributed by atoms with van der Waals surface area (Å²) in [6.07, 6.45) is 5.41. The Bertz CT molecular complexity index is 1050. The molecule has 7 nitrogen and oxygen atoms in total. The zero-order valence-electron chi connectivity index (χ0n) is 19.6. The fourth-order valence-electron chi connectivity index (χ4n) is 5.31. The molecule has 33 heavy (non-hydrogen) atoms. The quantitative estimate of drug-likeness (QED) is 0.535. The van der Waals surface area contributed by atoms with Gasteiger partial charge < -0.3 is 9.15 Å². The van der Waals surface area contributed by atoms with Gasteiger partial charge in [-0.15, -0.1) is 10.2 Å². The van der Waals surface area contributed by atoms with Crippen LogP contribution in [-0.2, 0) is 18.2 Å². The molecule has 1 saturated heterocycles. The SMILES string of the molecule is Cc1nnc([C@H]2CN(C3CCC(c4cc(C)n(C)n4)CC3)[C@@H](Cc3ccc(Cl)cc3)CO2)o1. The minimum absolute atomic E-state index is 0.177. The highest BCUT2D eigenvalue weighted by Gasteiger charge is 2.38. The van der Waals surface area contributed by atoms with Gasteiger partial charge in [0.1, 0.15) is 6.10 Å². The lowest BCUT2D eigenvalue weighted by Crippen LogP contribution is -2.53. The Kier molecular flexibility index (Phi) is 6.54. The van der Waals surface area contributed by atoms with E-state index >= 15 is 0 Å². The smallest absolute Gasteiger partial charge is 0.246 e. The van der Waals surface area contributed by atoms with Gasteiger partial charge in [0.05, 0.1) is 12.3 Å². The fraction of sp³-hybridized carbons (Fsp3) is 0.560. The summed E-state index contributed by atoms with van der Waals surface area (Å²) in [4.78, 5) is 2.64. The topological polar surface area (TPSA) is 69.2 Å². The molecule has 0 unspecified atom stereocenters. The van der Waals surface area contributed by atoms with Gasteiger partial charge in [-0.3, -0.25) is 9.58 Å². The van der Waals surface area contributed by atoms with Crippen molar-refractivity contribution in [3.63, 3.8) is 0 Å². The number of rotatable bonds is 5. The summed E-state index contributed by atoms with van der Waals surface area (Å²) in [6.45, 7) is 5.36. The van der Waals surface area contributed by atoms with Crippen molar-refractivity contribution in [2.24, 2.45) is 7.05 Å². The molecule has 2 aromatic heterocycles. The van der Waals surface area contributed by atoms with Crippen LogP contribution in [0.4, 0.5) is 0 Å². The molecule has 5 rings (SSSR count). The van der Waals surface area contributed by atoms with Crippen LogP contribution >= 0.6 is 11.6 Å². The Morgan fingerprint density at radius 1 is 1.06 bits per heavy atom. The molecule has 0 radical (unpaired) electrons. The number of benzene rings is 1. The molecular weight excluding hydrogens is 438 g/mol. The number of ether oxygens (including phenoxy) is 1. The van der Waals surface area contributed by atoms with Crippen molar-refractivity contribution in [2.75, 3.05) is 13.2 Å². The van der Waals surface area contributed by atoms with Crippen molar-refractivity contribution >= 4 is 11.6 Å². The lowest BCUT2D eigenvalue weighted by Gasteiger charge is -2.45. The van der Waals surface area contributed by atoms with Crippen LogP contribution in [0.2, 0.25) is 5.02 Å². The van der Waals surface area contributed by atoms with Crippen molar-refractivity contribution in [1.29, 1.82) is 0 Å². The van der Waals surface area contributed by atoms with Crippen LogP contribution < -0.4 is 0 Å². The van der Waals surface area contributed by atoms with E-state index in [1.807, 2.05) is 30.8 Å². The first-order valence-corrected chi connectivity index (χ1v) is 12.3. The molecule has 2 aliphatic rings. The molecule has 3 aromatic rings. The zero-order chi connectivity index (χ0) is 22.9. The van der Waals surface area contributed by atoms with Gasteiger partial charge in [-0.05, 0) is 62.8 Å². The standard InChI is InChI=1S/C25H32ClN5O2/c1-16-12-23(29-30(16)3)19-6-10-21(11-7-19)31-14-24(25-28-27-17(2)33-25)32-15-22(31)13-18-4-8-20(26)9-5-18/h4-5,8-9,12,19,21-22,24H,6-7,10-11,13-15H2,1-3H3/t19?,21?,22-,24+/m0/s1. The predicted molar refractivity (Wildman–Crippen MR) is 126 cm³/mol. The number of halogens is 1. The van der Waals surface area contributed by atoms with Gasteiger partial charge in [0.2, 0.25) is 11.8 Å². The third kappa shape index (κ3) is 5.00. The van der Waals surface area contributed by atoms with Crippen LogP contribution in [0.15, 0.2) is 34.7 Å². The van der Waals surface area contributed by atoms with Crippen molar-refractivity contribution < 1.29 is 9.15 Å². The summed E-state index contributed by atoms with van der Waals surface area (Å²) in [5.41, 5.74) is 3.75. The average molecular weight is 470 g/mol. The van der Waals surface area contributed by atoms with Crippen LogP contribution in [-0.4, -0.2) is 50.1 Å². The van der Waals surface area contributed by atoms with E-state index < -0.39 is 0 Å². The van der Waals surface area contributed by atoms with Gasteiger partial charge in [0.15, 0.2) is 0 Å². The Hall–Kier alpha value is -2.22. The second kappa shape index (κ2) is 9.57. The number of hydrogen-bond acceptors (Lipinski definition) is 6. The van der Waals surface area contributed by atoms with E-state index in [-0.39, 0.29) is 6.10 Å². The first kappa shape index (κ1) is 22.6. The second-order valence-corrected chi connectivity index (χ2v) is 9.94. The first-order chi connectivity index (χ1) is 16.0. The molecule has 3 heterocycles. The summed E-state index contributed by atoms with van der Waals surface area (Å²) >= 11 is 6.10. The molecule has 2 atom stereocenters. The van der Waals surface area contributed by atoms with Gasteiger partial charge in [0.25, 0.3) is 0 Å². The van der Waals surface area contributed by atoms with Gasteiger partial charge in [-0.2, -0.15) is 5.10 Å². The van der Waals surface area contributed by atoms with E-state index in [1.54, 1.807) is 0 Å². The van der Waals surface area contributed by atoms with E-state index in [1.165, 1.54) is 17.0 Å². The molecule has 2 fully saturated rings. The molecule has 0 amide bonds. The number of aryl methyl sites for hydroxylation is 3. The van der Waals surface area contributed by atoms with Gasteiger partial charge in [-0.25, -0.2) is 0 Å². The van der Waals surface area contributed by atoms with Gasteiger partial charge in [-0.1, -0.05) is 23.7 Å². The lowest BCUT2D eigenvalue weighted by molar-refractivity contribution is -0.0951. The van der Waals surface area contributed by atoms with Crippen LogP contribution in [0.25, 0.3) is 0 Å². The lowest BCUT2D eigenvalue weighted by atomic mass is 9.82. The number of nitrogens with zero attached hydrogens (tertiary/aromatic N) is 5. The minimum Gasteiger partial charge on any atom is -0.423 e. The Balaban J connectivity index is 1.31. The number of aromatic nitrogens is 4. The van der Waals surface area contributed by atoms with E-state index in [0.29, 0.717) is 36.4 Å². The Morgan fingerprint density at radius 3 is 2.45 bits per heavy atom. The molecule has 1 saturated carbocycles. The molecule has 1 aliphatic heterocycles. The third-order valence-electron chi connectivity index (χ3n) is 7.25. The highest BCUT2D eigenvalue weighted by atomic mass is 35.5. The molecular formula is C25H32ClN5O2. The summed E-state index contributed by atoms with van der Waals surface area (Å²) in [5, 5.41) is 13.8. The molecule has 176 valence electrons. The maximum Gasteiger partial charge on any atom is 0.246 e. The van der Waals surface area contributed by atoms with Gasteiger partial charge in [0, 0.05) is 49.2 Å². The maximum atomic E-state index is 6.24. The Morgan fingerprint density at radius 2 is 1.82 bits per heavy atom. The van der Waals surface area contributed by atoms with Crippen molar-refractivity contribution in [2.45, 2.75) is 70.1 Å². The van der Waals surface area contributed by atoms with Crippen LogP contribution in [0.5, 0.6) is 0 Å². The molecule has 8 heteroatoms. The zero-order valence-corrected chi connectivity index (χ0v) is 20.3. The maximum absolute atomic E-state index is 6.24. The van der Waals surface area contributed by atoms with Gasteiger partial charge >= 0.3 is 0 Å². The first-order valence-electron chi connectivity index (χ1n) is 11.9. The molecule has 1 aromatic carbocycles. The van der Waals surface area contributed by atoms with E-state index in [2.05, 4.69) is 40.2 Å². The van der Waals surface area contributed by atoms with Crippen molar-refractivity contribution in [3.8, 4) is 0 Å². The minimum atomic E-state index is -0.177. The van der Waals surface area contributed by atoms with Crippen LogP contribution in [0.3, 0.4) is 0 Å². The van der Waals surface area contributed by atoms with Crippen LogP contribution in [0.1, 0.15) is 66.4 Å². The highest BCUT2D eigenvalue weighted by molar-refractivity contribution is 6.30. The van der Waals surface area contributed by atoms with E-state index in [0.717, 1.165) is 43.7 Å². The van der Waals surface area contributed by atoms with Crippen molar-refractivity contribution in [3.05, 3.63) is 64.1 Å². The predicted octanol–water partition coefficient (Wildman–Crippen LogP) is 4.78. The number of hydrogen-bond donors (Lipinski definition) is 0. The normalized spacial score (nSPS) is 26.5. The van der Waals surface area contributed by atoms with E-state index in [9.17, 15) is 0 Å². The monoisotopic (exact) mass is 469 g/mol. The fourth-order valence-corrected chi connectivity index (χ4v) is 5.44. The van der Waals surface area contributed by atoms with Crippen LogP contribution in [0, 0.1) is 13.8 Å². The summed E-state index contributed by atoms with van der Waals surface area (Å²) in [6, 6.07) is 11.2. The number of morpholine rings is 1. The second-order valence-electron chi connectivity index (χ2n) is 9.50. The molecule has 0 bridgehead atoms. The average Bonchev–Trinajstić information content (AvgIpc) is 3.41. The molecule has 1 aliphatic carbocycles. The summed E-state index contributed by atoms with van der Waals surface area (Å²) in [5.74, 6) is 1.71.